The number of carbonyl (C=O) groups excluding carboxylic acids is 1. The van der Waals surface area contributed by atoms with Crippen molar-refractivity contribution in [1.82, 2.24) is 5.32 Å². The van der Waals surface area contributed by atoms with Gasteiger partial charge in [-0.2, -0.15) is 0 Å². The summed E-state index contributed by atoms with van der Waals surface area (Å²) >= 11 is 0. The van der Waals surface area contributed by atoms with Crippen LogP contribution in [-0.4, -0.2) is 19.6 Å². The molecule has 4 nitrogen and oxygen atoms in total. The second-order valence-electron chi connectivity index (χ2n) is 4.68. The summed E-state index contributed by atoms with van der Waals surface area (Å²) in [6, 6.07) is 15.2. The molecule has 0 aliphatic rings. The van der Waals surface area contributed by atoms with Crippen molar-refractivity contribution in [2.75, 3.05) is 13.7 Å². The third kappa shape index (κ3) is 4.53. The van der Waals surface area contributed by atoms with Gasteiger partial charge in [0.1, 0.15) is 11.5 Å². The lowest BCUT2D eigenvalue weighted by Crippen LogP contribution is -2.28. The Bertz CT molecular complexity index is 593. The van der Waals surface area contributed by atoms with E-state index in [9.17, 15) is 4.79 Å². The van der Waals surface area contributed by atoms with Crippen LogP contribution in [0.4, 0.5) is 0 Å². The van der Waals surface area contributed by atoms with Crippen LogP contribution in [-0.2, 0) is 11.3 Å². The van der Waals surface area contributed by atoms with Crippen LogP contribution >= 0.6 is 0 Å². The first-order valence-corrected chi connectivity index (χ1v) is 6.77. The van der Waals surface area contributed by atoms with E-state index in [1.807, 2.05) is 55.5 Å². The first-order valence-electron chi connectivity index (χ1n) is 6.77. The molecule has 0 aliphatic carbocycles. The minimum absolute atomic E-state index is 0.0149. The lowest BCUT2D eigenvalue weighted by atomic mass is 10.2. The van der Waals surface area contributed by atoms with Gasteiger partial charge < -0.3 is 14.8 Å². The molecule has 4 heteroatoms. The van der Waals surface area contributed by atoms with Crippen LogP contribution in [0.25, 0.3) is 0 Å². The Balaban J connectivity index is 1.78. The van der Waals surface area contributed by atoms with Gasteiger partial charge in [-0.1, -0.05) is 30.3 Å². The fourth-order valence-electron chi connectivity index (χ4n) is 1.86. The lowest BCUT2D eigenvalue weighted by molar-refractivity contribution is -0.123. The molecule has 0 saturated carbocycles. The summed E-state index contributed by atoms with van der Waals surface area (Å²) in [6.07, 6.45) is 0. The molecule has 2 rings (SSSR count). The molecule has 1 amide bonds. The number of rotatable bonds is 6. The monoisotopic (exact) mass is 285 g/mol. The highest BCUT2D eigenvalue weighted by Crippen LogP contribution is 2.15. The van der Waals surface area contributed by atoms with E-state index < -0.39 is 0 Å². The summed E-state index contributed by atoms with van der Waals surface area (Å²) in [5, 5.41) is 2.82. The summed E-state index contributed by atoms with van der Waals surface area (Å²) in [5.74, 6) is 1.39. The highest BCUT2D eigenvalue weighted by atomic mass is 16.5. The zero-order chi connectivity index (χ0) is 15.1. The first-order chi connectivity index (χ1) is 10.2. The highest BCUT2D eigenvalue weighted by molar-refractivity contribution is 5.77. The molecular weight excluding hydrogens is 266 g/mol. The summed E-state index contributed by atoms with van der Waals surface area (Å²) in [4.78, 5) is 11.8. The zero-order valence-corrected chi connectivity index (χ0v) is 12.3. The van der Waals surface area contributed by atoms with Gasteiger partial charge in [0.2, 0.25) is 0 Å². The predicted molar refractivity (Wildman–Crippen MR) is 81.5 cm³/mol. The molecule has 0 fully saturated rings. The van der Waals surface area contributed by atoms with E-state index >= 15 is 0 Å². The average molecular weight is 285 g/mol. The molecule has 2 aromatic rings. The molecule has 0 heterocycles. The lowest BCUT2D eigenvalue weighted by Gasteiger charge is -2.09. The summed E-state index contributed by atoms with van der Waals surface area (Å²) in [5.41, 5.74) is 2.03. The van der Waals surface area contributed by atoms with E-state index in [2.05, 4.69) is 5.32 Å². The Morgan fingerprint density at radius 2 is 1.81 bits per heavy atom. The maximum Gasteiger partial charge on any atom is 0.258 e. The number of benzene rings is 2. The van der Waals surface area contributed by atoms with Gasteiger partial charge >= 0.3 is 0 Å². The van der Waals surface area contributed by atoms with Crippen molar-refractivity contribution in [2.45, 2.75) is 13.5 Å². The summed E-state index contributed by atoms with van der Waals surface area (Å²) < 4.78 is 10.6. The molecule has 0 spiro atoms. The van der Waals surface area contributed by atoms with Gasteiger partial charge in [0.05, 0.1) is 7.11 Å². The van der Waals surface area contributed by atoms with Crippen LogP contribution in [0.2, 0.25) is 0 Å². The SMILES string of the molecule is COc1ccc(CNC(=O)COc2ccccc2C)cc1. The molecule has 0 saturated heterocycles. The number of ether oxygens (including phenoxy) is 2. The smallest absolute Gasteiger partial charge is 0.258 e. The van der Waals surface area contributed by atoms with Gasteiger partial charge in [-0.05, 0) is 36.2 Å². The van der Waals surface area contributed by atoms with Crippen LogP contribution < -0.4 is 14.8 Å². The number of hydrogen-bond acceptors (Lipinski definition) is 3. The first kappa shape index (κ1) is 14.9. The van der Waals surface area contributed by atoms with Crippen molar-refractivity contribution in [1.29, 1.82) is 0 Å². The number of methoxy groups -OCH3 is 1. The maximum atomic E-state index is 11.8. The summed E-state index contributed by atoms with van der Waals surface area (Å²) in [7, 11) is 1.62. The fraction of sp³-hybridized carbons (Fsp3) is 0.235. The van der Waals surface area contributed by atoms with Crippen molar-refractivity contribution in [3.05, 3.63) is 59.7 Å². The number of amides is 1. The number of aryl methyl sites for hydroxylation is 1. The van der Waals surface area contributed by atoms with E-state index in [-0.39, 0.29) is 12.5 Å². The molecule has 1 N–H and O–H groups in total. The second kappa shape index (κ2) is 7.33. The Morgan fingerprint density at radius 3 is 2.48 bits per heavy atom. The largest absolute Gasteiger partial charge is 0.497 e. The van der Waals surface area contributed by atoms with Crippen LogP contribution in [0.15, 0.2) is 48.5 Å². The molecule has 0 atom stereocenters. The minimum atomic E-state index is -0.144. The molecule has 0 unspecified atom stereocenters. The predicted octanol–water partition coefficient (Wildman–Crippen LogP) is 2.70. The Morgan fingerprint density at radius 1 is 1.10 bits per heavy atom. The van der Waals surface area contributed by atoms with E-state index in [1.54, 1.807) is 7.11 Å². The quantitative estimate of drug-likeness (QED) is 0.887. The van der Waals surface area contributed by atoms with Gasteiger partial charge in [0, 0.05) is 6.54 Å². The van der Waals surface area contributed by atoms with Gasteiger partial charge in [-0.15, -0.1) is 0 Å². The maximum absolute atomic E-state index is 11.8. The van der Waals surface area contributed by atoms with Crippen LogP contribution in [0.1, 0.15) is 11.1 Å². The molecule has 0 aliphatic heterocycles. The zero-order valence-electron chi connectivity index (χ0n) is 12.3. The van der Waals surface area contributed by atoms with E-state index in [4.69, 9.17) is 9.47 Å². The third-order valence-electron chi connectivity index (χ3n) is 3.10. The fourth-order valence-corrected chi connectivity index (χ4v) is 1.86. The molecule has 0 radical (unpaired) electrons. The van der Waals surface area contributed by atoms with Crippen molar-refractivity contribution in [3.8, 4) is 11.5 Å². The molecule has 0 bridgehead atoms. The van der Waals surface area contributed by atoms with Gasteiger partial charge in [0.15, 0.2) is 6.61 Å². The summed E-state index contributed by atoms with van der Waals surface area (Å²) in [6.45, 7) is 2.44. The Hall–Kier alpha value is -2.49. The van der Waals surface area contributed by atoms with E-state index in [0.717, 1.165) is 22.6 Å². The van der Waals surface area contributed by atoms with Crippen LogP contribution in [0, 0.1) is 6.92 Å². The van der Waals surface area contributed by atoms with Crippen molar-refractivity contribution < 1.29 is 14.3 Å². The Kier molecular flexibility index (Phi) is 5.21. The van der Waals surface area contributed by atoms with Crippen LogP contribution in [0.5, 0.6) is 11.5 Å². The van der Waals surface area contributed by atoms with E-state index in [1.165, 1.54) is 0 Å². The standard InChI is InChI=1S/C17H19NO3/c1-13-5-3-4-6-16(13)21-12-17(19)18-11-14-7-9-15(20-2)10-8-14/h3-10H,11-12H2,1-2H3,(H,18,19). The molecular formula is C17H19NO3. The average Bonchev–Trinajstić information content (AvgIpc) is 2.52. The second-order valence-corrected chi connectivity index (χ2v) is 4.68. The molecule has 2 aromatic carbocycles. The minimum Gasteiger partial charge on any atom is -0.497 e. The molecule has 110 valence electrons. The topological polar surface area (TPSA) is 47.6 Å². The van der Waals surface area contributed by atoms with Crippen molar-refractivity contribution in [3.63, 3.8) is 0 Å². The normalized spacial score (nSPS) is 10.0. The van der Waals surface area contributed by atoms with Crippen molar-refractivity contribution >= 4 is 5.91 Å². The molecule has 0 aromatic heterocycles. The molecule has 21 heavy (non-hydrogen) atoms. The van der Waals surface area contributed by atoms with Crippen molar-refractivity contribution in [2.24, 2.45) is 0 Å². The van der Waals surface area contributed by atoms with Crippen LogP contribution in [0.3, 0.4) is 0 Å². The van der Waals surface area contributed by atoms with Gasteiger partial charge in [0.25, 0.3) is 5.91 Å². The third-order valence-corrected chi connectivity index (χ3v) is 3.10. The Labute approximate surface area is 124 Å². The number of para-hydroxylation sites is 1. The highest BCUT2D eigenvalue weighted by Gasteiger charge is 2.04. The number of nitrogens with one attached hydrogen (secondary N) is 1. The van der Waals surface area contributed by atoms with Gasteiger partial charge in [-0.3, -0.25) is 4.79 Å². The van der Waals surface area contributed by atoms with E-state index in [0.29, 0.717) is 6.54 Å². The van der Waals surface area contributed by atoms with Gasteiger partial charge in [-0.25, -0.2) is 0 Å². The number of hydrogen-bond donors (Lipinski definition) is 1. The number of carbonyl (C=O) groups is 1.